The molecule has 1 aromatic rings. The smallest absolute Gasteiger partial charge is 0.119 e. The minimum atomic E-state index is 0.585. The van der Waals surface area contributed by atoms with Gasteiger partial charge in [-0.25, -0.2) is 0 Å². The SMILES string of the molecule is C#CCCOc1ccc(CNCC(C)C)cc1. The lowest BCUT2D eigenvalue weighted by molar-refractivity contribution is 0.327. The van der Waals surface area contributed by atoms with E-state index in [4.69, 9.17) is 11.2 Å². The van der Waals surface area contributed by atoms with Crippen LogP contribution in [0, 0.1) is 18.3 Å². The number of hydrogen-bond donors (Lipinski definition) is 1. The van der Waals surface area contributed by atoms with Crippen molar-refractivity contribution >= 4 is 0 Å². The van der Waals surface area contributed by atoms with Gasteiger partial charge in [0, 0.05) is 13.0 Å². The van der Waals surface area contributed by atoms with Crippen molar-refractivity contribution in [2.24, 2.45) is 5.92 Å². The van der Waals surface area contributed by atoms with Gasteiger partial charge in [0.15, 0.2) is 0 Å². The van der Waals surface area contributed by atoms with E-state index in [0.717, 1.165) is 18.8 Å². The lowest BCUT2D eigenvalue weighted by Gasteiger charge is -2.08. The first-order chi connectivity index (χ1) is 8.22. The number of nitrogens with one attached hydrogen (secondary N) is 1. The average molecular weight is 231 g/mol. The van der Waals surface area contributed by atoms with Gasteiger partial charge in [-0.1, -0.05) is 26.0 Å². The van der Waals surface area contributed by atoms with Crippen LogP contribution in [0.25, 0.3) is 0 Å². The molecule has 0 atom stereocenters. The first-order valence-electron chi connectivity index (χ1n) is 6.08. The van der Waals surface area contributed by atoms with Gasteiger partial charge in [0.2, 0.25) is 0 Å². The molecule has 0 fully saturated rings. The Hall–Kier alpha value is -1.46. The molecule has 0 unspecified atom stereocenters. The summed E-state index contributed by atoms with van der Waals surface area (Å²) >= 11 is 0. The molecular weight excluding hydrogens is 210 g/mol. The average Bonchev–Trinajstić information content (AvgIpc) is 2.31. The van der Waals surface area contributed by atoms with Crippen LogP contribution in [0.3, 0.4) is 0 Å². The van der Waals surface area contributed by atoms with Crippen LogP contribution < -0.4 is 10.1 Å². The van der Waals surface area contributed by atoms with Gasteiger partial charge in [-0.05, 0) is 30.2 Å². The lowest BCUT2D eigenvalue weighted by Crippen LogP contribution is -2.18. The quantitative estimate of drug-likeness (QED) is 0.575. The van der Waals surface area contributed by atoms with Crippen molar-refractivity contribution in [2.75, 3.05) is 13.2 Å². The van der Waals surface area contributed by atoms with E-state index < -0.39 is 0 Å². The Bertz CT molecular complexity index is 348. The van der Waals surface area contributed by atoms with E-state index in [1.54, 1.807) is 0 Å². The summed E-state index contributed by atoms with van der Waals surface area (Å²) in [4.78, 5) is 0. The zero-order chi connectivity index (χ0) is 12.5. The van der Waals surface area contributed by atoms with Gasteiger partial charge in [-0.2, -0.15) is 0 Å². The second kappa shape index (κ2) is 7.76. The minimum Gasteiger partial charge on any atom is -0.493 e. The summed E-state index contributed by atoms with van der Waals surface area (Å²) in [6.07, 6.45) is 5.81. The molecule has 1 aromatic carbocycles. The summed E-state index contributed by atoms with van der Waals surface area (Å²) in [5.41, 5.74) is 1.27. The van der Waals surface area contributed by atoms with E-state index in [9.17, 15) is 0 Å². The van der Waals surface area contributed by atoms with Crippen LogP contribution in [-0.4, -0.2) is 13.2 Å². The lowest BCUT2D eigenvalue weighted by atomic mass is 10.2. The van der Waals surface area contributed by atoms with E-state index in [0.29, 0.717) is 18.9 Å². The predicted molar refractivity (Wildman–Crippen MR) is 71.9 cm³/mol. The Kier molecular flexibility index (Phi) is 6.21. The molecule has 0 aliphatic carbocycles. The van der Waals surface area contributed by atoms with Crippen LogP contribution in [0.4, 0.5) is 0 Å². The molecule has 0 saturated carbocycles. The summed E-state index contributed by atoms with van der Waals surface area (Å²) in [7, 11) is 0. The number of ether oxygens (including phenoxy) is 1. The Morgan fingerprint density at radius 1 is 1.29 bits per heavy atom. The maximum Gasteiger partial charge on any atom is 0.119 e. The summed E-state index contributed by atoms with van der Waals surface area (Å²) in [6, 6.07) is 8.14. The fourth-order valence-electron chi connectivity index (χ4n) is 1.44. The molecule has 1 N–H and O–H groups in total. The van der Waals surface area contributed by atoms with Gasteiger partial charge in [-0.3, -0.25) is 0 Å². The van der Waals surface area contributed by atoms with E-state index in [-0.39, 0.29) is 0 Å². The number of rotatable bonds is 7. The Labute approximate surface area is 104 Å². The van der Waals surface area contributed by atoms with Crippen molar-refractivity contribution in [1.82, 2.24) is 5.32 Å². The summed E-state index contributed by atoms with van der Waals surface area (Å²) in [5, 5.41) is 3.41. The second-order valence-electron chi connectivity index (χ2n) is 4.47. The van der Waals surface area contributed by atoms with Crippen LogP contribution in [0.1, 0.15) is 25.8 Å². The van der Waals surface area contributed by atoms with Gasteiger partial charge in [0.25, 0.3) is 0 Å². The van der Waals surface area contributed by atoms with E-state index in [2.05, 4.69) is 37.2 Å². The highest BCUT2D eigenvalue weighted by Gasteiger charge is 1.96. The van der Waals surface area contributed by atoms with Crippen LogP contribution in [0.2, 0.25) is 0 Å². The van der Waals surface area contributed by atoms with Crippen molar-refractivity contribution in [2.45, 2.75) is 26.8 Å². The van der Waals surface area contributed by atoms with Gasteiger partial charge in [0.1, 0.15) is 5.75 Å². The van der Waals surface area contributed by atoms with Gasteiger partial charge >= 0.3 is 0 Å². The highest BCUT2D eigenvalue weighted by molar-refractivity contribution is 5.27. The zero-order valence-electron chi connectivity index (χ0n) is 10.7. The highest BCUT2D eigenvalue weighted by Crippen LogP contribution is 2.12. The monoisotopic (exact) mass is 231 g/mol. The first-order valence-corrected chi connectivity index (χ1v) is 6.08. The van der Waals surface area contributed by atoms with E-state index in [1.807, 2.05) is 12.1 Å². The molecular formula is C15H21NO. The molecule has 0 radical (unpaired) electrons. The predicted octanol–water partition coefficient (Wildman–Crippen LogP) is 2.83. The number of benzene rings is 1. The first kappa shape index (κ1) is 13.6. The third kappa shape index (κ3) is 5.99. The molecule has 2 heteroatoms. The zero-order valence-corrected chi connectivity index (χ0v) is 10.7. The molecule has 0 amide bonds. The molecule has 1 rings (SSSR count). The normalized spacial score (nSPS) is 10.2. The van der Waals surface area contributed by atoms with Gasteiger partial charge in [-0.15, -0.1) is 12.3 Å². The Balaban J connectivity index is 2.32. The van der Waals surface area contributed by atoms with Crippen LogP contribution >= 0.6 is 0 Å². The van der Waals surface area contributed by atoms with Crippen molar-refractivity contribution < 1.29 is 4.74 Å². The van der Waals surface area contributed by atoms with Gasteiger partial charge in [0.05, 0.1) is 6.61 Å². The van der Waals surface area contributed by atoms with Crippen LogP contribution in [0.5, 0.6) is 5.75 Å². The third-order valence-corrected chi connectivity index (χ3v) is 2.32. The van der Waals surface area contributed by atoms with Gasteiger partial charge < -0.3 is 10.1 Å². The van der Waals surface area contributed by atoms with Crippen molar-refractivity contribution in [1.29, 1.82) is 0 Å². The molecule has 0 saturated heterocycles. The van der Waals surface area contributed by atoms with Crippen LogP contribution in [-0.2, 0) is 6.54 Å². The molecule has 0 aromatic heterocycles. The second-order valence-corrected chi connectivity index (χ2v) is 4.47. The molecule has 92 valence electrons. The Morgan fingerprint density at radius 3 is 2.59 bits per heavy atom. The van der Waals surface area contributed by atoms with Crippen molar-refractivity contribution in [3.8, 4) is 18.1 Å². The molecule has 2 nitrogen and oxygen atoms in total. The molecule has 0 heterocycles. The largest absolute Gasteiger partial charge is 0.493 e. The standard InChI is InChI=1S/C15H21NO/c1-4-5-10-17-15-8-6-14(7-9-15)12-16-11-13(2)3/h1,6-9,13,16H,5,10-12H2,2-3H3. The maximum absolute atomic E-state index is 5.48. The molecule has 0 aliphatic heterocycles. The molecule has 0 spiro atoms. The summed E-state index contributed by atoms with van der Waals surface area (Å²) in [6.45, 7) is 6.94. The maximum atomic E-state index is 5.48. The highest BCUT2D eigenvalue weighted by atomic mass is 16.5. The van der Waals surface area contributed by atoms with Crippen molar-refractivity contribution in [3.63, 3.8) is 0 Å². The Morgan fingerprint density at radius 2 is 2.00 bits per heavy atom. The fourth-order valence-corrected chi connectivity index (χ4v) is 1.44. The van der Waals surface area contributed by atoms with Crippen LogP contribution in [0.15, 0.2) is 24.3 Å². The fraction of sp³-hybridized carbons (Fsp3) is 0.467. The summed E-state index contributed by atoms with van der Waals surface area (Å²) < 4.78 is 5.48. The third-order valence-electron chi connectivity index (χ3n) is 2.32. The number of terminal acetylenes is 1. The van der Waals surface area contributed by atoms with E-state index >= 15 is 0 Å². The minimum absolute atomic E-state index is 0.585. The molecule has 0 bridgehead atoms. The topological polar surface area (TPSA) is 21.3 Å². The van der Waals surface area contributed by atoms with E-state index in [1.165, 1.54) is 5.56 Å². The van der Waals surface area contributed by atoms with Crippen molar-refractivity contribution in [3.05, 3.63) is 29.8 Å². The summed E-state index contributed by atoms with van der Waals surface area (Å²) in [5.74, 6) is 4.12. The molecule has 17 heavy (non-hydrogen) atoms. The number of hydrogen-bond acceptors (Lipinski definition) is 2. The molecule has 0 aliphatic rings.